The predicted octanol–water partition coefficient (Wildman–Crippen LogP) is 2.79. The van der Waals surface area contributed by atoms with Gasteiger partial charge in [0, 0.05) is 23.5 Å². The first-order valence-electron chi connectivity index (χ1n) is 9.04. The first-order chi connectivity index (χ1) is 12.7. The molecule has 1 N–H and O–H groups in total. The van der Waals surface area contributed by atoms with Crippen LogP contribution in [0.3, 0.4) is 0 Å². The number of fused-ring (bicyclic) bond motifs is 2. The molecule has 0 saturated carbocycles. The number of aliphatic hydroxyl groups is 1. The van der Waals surface area contributed by atoms with Gasteiger partial charge < -0.3 is 9.84 Å². The molecule has 0 aliphatic carbocycles. The van der Waals surface area contributed by atoms with Gasteiger partial charge in [0.2, 0.25) is 0 Å². The van der Waals surface area contributed by atoms with Gasteiger partial charge in [0.25, 0.3) is 0 Å². The molecule has 2 aromatic rings. The van der Waals surface area contributed by atoms with Gasteiger partial charge in [0.05, 0.1) is 18.7 Å². The minimum Gasteiger partial charge on any atom is -0.497 e. The highest BCUT2D eigenvalue weighted by Gasteiger charge is 2.58. The summed E-state index contributed by atoms with van der Waals surface area (Å²) in [5.41, 5.74) is 1.71. The summed E-state index contributed by atoms with van der Waals surface area (Å²) in [4.78, 5) is 17.7. The SMILES string of the molecule is C=C[C@@H]1C2CC3OOC1N3[C@H]([C@H](O)c1ccnc3ccc(OC)cc13)C2. The van der Waals surface area contributed by atoms with Gasteiger partial charge in [-0.15, -0.1) is 6.58 Å². The van der Waals surface area contributed by atoms with Gasteiger partial charge >= 0.3 is 0 Å². The summed E-state index contributed by atoms with van der Waals surface area (Å²) >= 11 is 0. The number of nitrogens with zero attached hydrogens (tertiary/aromatic N) is 2. The Morgan fingerprint density at radius 2 is 2.23 bits per heavy atom. The summed E-state index contributed by atoms with van der Waals surface area (Å²) in [7, 11) is 1.64. The lowest BCUT2D eigenvalue weighted by atomic mass is 9.72. The molecule has 5 heterocycles. The molecule has 26 heavy (non-hydrogen) atoms. The fourth-order valence-corrected chi connectivity index (χ4v) is 4.88. The fraction of sp³-hybridized carbons (Fsp3) is 0.450. The Hall–Kier alpha value is -1.99. The van der Waals surface area contributed by atoms with Crippen LogP contribution < -0.4 is 4.74 Å². The van der Waals surface area contributed by atoms with Crippen molar-refractivity contribution in [2.45, 2.75) is 37.4 Å². The van der Waals surface area contributed by atoms with Crippen LogP contribution in [0.4, 0.5) is 0 Å². The van der Waals surface area contributed by atoms with E-state index in [1.165, 1.54) is 0 Å². The van der Waals surface area contributed by atoms with E-state index in [0.29, 0.717) is 5.92 Å². The Kier molecular flexibility index (Phi) is 3.76. The molecule has 4 aliphatic heterocycles. The first-order valence-corrected chi connectivity index (χ1v) is 9.04. The van der Waals surface area contributed by atoms with Crippen molar-refractivity contribution in [2.24, 2.45) is 11.8 Å². The van der Waals surface area contributed by atoms with Crippen molar-refractivity contribution in [2.75, 3.05) is 7.11 Å². The lowest BCUT2D eigenvalue weighted by Gasteiger charge is -2.51. The zero-order valence-electron chi connectivity index (χ0n) is 14.6. The fourth-order valence-electron chi connectivity index (χ4n) is 4.88. The standard InChI is InChI=1S/C20H22N2O4/c1-3-13-11-8-17(22-18(9-11)25-26-20(13)22)19(23)14-6-7-21-16-5-4-12(24-2)10-15(14)16/h3-7,10-11,13,17-20,23H,1,8-9H2,2H3/t11?,13-,17+,18?,19-,20?/m1/s1. The van der Waals surface area contributed by atoms with Gasteiger partial charge in [-0.3, -0.25) is 4.98 Å². The number of benzene rings is 1. The largest absolute Gasteiger partial charge is 0.497 e. The van der Waals surface area contributed by atoms with E-state index in [9.17, 15) is 5.11 Å². The summed E-state index contributed by atoms with van der Waals surface area (Å²) in [6, 6.07) is 7.57. The number of rotatable bonds is 4. The van der Waals surface area contributed by atoms with Crippen molar-refractivity contribution in [3.63, 3.8) is 0 Å². The van der Waals surface area contributed by atoms with E-state index in [1.54, 1.807) is 13.3 Å². The molecule has 4 saturated heterocycles. The number of ether oxygens (including phenoxy) is 1. The van der Waals surface area contributed by atoms with Crippen molar-refractivity contribution in [1.82, 2.24) is 9.88 Å². The Labute approximate surface area is 151 Å². The lowest BCUT2D eigenvalue weighted by Crippen LogP contribution is -2.61. The quantitative estimate of drug-likeness (QED) is 0.673. The molecule has 1 aromatic carbocycles. The number of hydrogen-bond donors (Lipinski definition) is 1. The average molecular weight is 354 g/mol. The van der Waals surface area contributed by atoms with Crippen molar-refractivity contribution in [3.05, 3.63) is 48.7 Å². The summed E-state index contributed by atoms with van der Waals surface area (Å²) < 4.78 is 5.35. The van der Waals surface area contributed by atoms with Crippen LogP contribution in [-0.2, 0) is 9.78 Å². The average Bonchev–Trinajstić information content (AvgIpc) is 3.04. The van der Waals surface area contributed by atoms with E-state index in [2.05, 4.69) is 16.5 Å². The number of pyridine rings is 1. The van der Waals surface area contributed by atoms with E-state index in [4.69, 9.17) is 14.5 Å². The van der Waals surface area contributed by atoms with Crippen LogP contribution >= 0.6 is 0 Å². The van der Waals surface area contributed by atoms with Crippen LogP contribution in [0, 0.1) is 11.8 Å². The Morgan fingerprint density at radius 3 is 3.04 bits per heavy atom. The molecule has 0 spiro atoms. The third kappa shape index (κ3) is 2.23. The minimum absolute atomic E-state index is 0.0562. The molecule has 0 amide bonds. The van der Waals surface area contributed by atoms with Gasteiger partial charge in [-0.2, -0.15) is 0 Å². The van der Waals surface area contributed by atoms with Gasteiger partial charge in [-0.1, -0.05) is 6.08 Å². The zero-order valence-corrected chi connectivity index (χ0v) is 14.6. The van der Waals surface area contributed by atoms with Gasteiger partial charge in [0.15, 0.2) is 6.23 Å². The number of methoxy groups -OCH3 is 1. The maximum absolute atomic E-state index is 11.3. The third-order valence-corrected chi connectivity index (χ3v) is 6.13. The maximum Gasteiger partial charge on any atom is 0.155 e. The molecule has 7 atom stereocenters. The Morgan fingerprint density at radius 1 is 1.35 bits per heavy atom. The van der Waals surface area contributed by atoms with E-state index < -0.39 is 6.10 Å². The molecule has 0 radical (unpaired) electrons. The second-order valence-corrected chi connectivity index (χ2v) is 7.32. The van der Waals surface area contributed by atoms with Crippen molar-refractivity contribution in [1.29, 1.82) is 0 Å². The summed E-state index contributed by atoms with van der Waals surface area (Å²) in [5, 5.41) is 12.2. The van der Waals surface area contributed by atoms with Crippen LogP contribution in [0.25, 0.3) is 10.9 Å². The smallest absolute Gasteiger partial charge is 0.155 e. The van der Waals surface area contributed by atoms with Crippen LogP contribution in [0.5, 0.6) is 5.75 Å². The second-order valence-electron chi connectivity index (χ2n) is 7.32. The molecule has 4 bridgehead atoms. The minimum atomic E-state index is -0.656. The van der Waals surface area contributed by atoms with Crippen molar-refractivity contribution in [3.8, 4) is 5.75 Å². The maximum atomic E-state index is 11.3. The Bertz CT molecular complexity index is 857. The molecular formula is C20H22N2O4. The normalized spacial score (nSPS) is 36.2. The molecule has 4 unspecified atom stereocenters. The number of aliphatic hydroxyl groups excluding tert-OH is 1. The Balaban J connectivity index is 1.54. The van der Waals surface area contributed by atoms with Gasteiger partial charge in [0.1, 0.15) is 12.0 Å². The molecule has 4 aliphatic rings. The predicted molar refractivity (Wildman–Crippen MR) is 95.0 cm³/mol. The highest BCUT2D eigenvalue weighted by atomic mass is 17.2. The molecule has 6 rings (SSSR count). The molecule has 1 aromatic heterocycles. The number of piperidine rings is 3. The van der Waals surface area contributed by atoms with Crippen LogP contribution in [-0.4, -0.2) is 40.6 Å². The lowest BCUT2D eigenvalue weighted by molar-refractivity contribution is -0.293. The molecular weight excluding hydrogens is 332 g/mol. The number of hydrogen-bond acceptors (Lipinski definition) is 6. The highest BCUT2D eigenvalue weighted by Crippen LogP contribution is 2.51. The zero-order chi connectivity index (χ0) is 17.8. The van der Waals surface area contributed by atoms with Crippen molar-refractivity contribution >= 4 is 10.9 Å². The topological polar surface area (TPSA) is 64.1 Å². The van der Waals surface area contributed by atoms with E-state index >= 15 is 0 Å². The molecule has 6 nitrogen and oxygen atoms in total. The highest BCUT2D eigenvalue weighted by molar-refractivity contribution is 5.83. The van der Waals surface area contributed by atoms with E-state index in [-0.39, 0.29) is 24.4 Å². The summed E-state index contributed by atoms with van der Waals surface area (Å²) in [6.45, 7) is 3.96. The van der Waals surface area contributed by atoms with Crippen LogP contribution in [0.15, 0.2) is 43.1 Å². The molecule has 4 fully saturated rings. The second kappa shape index (κ2) is 6.03. The number of aromatic nitrogens is 1. The monoisotopic (exact) mass is 354 g/mol. The summed E-state index contributed by atoms with van der Waals surface area (Å²) in [6.07, 6.45) is 4.62. The van der Waals surface area contributed by atoms with Crippen molar-refractivity contribution < 1.29 is 19.6 Å². The summed E-state index contributed by atoms with van der Waals surface area (Å²) in [5.74, 6) is 1.41. The molecule has 136 valence electrons. The first kappa shape index (κ1) is 16.2. The molecule has 6 heteroatoms. The van der Waals surface area contributed by atoms with E-state index in [0.717, 1.165) is 35.1 Å². The van der Waals surface area contributed by atoms with Crippen LogP contribution in [0.1, 0.15) is 24.5 Å². The van der Waals surface area contributed by atoms with Gasteiger partial charge in [-0.25, -0.2) is 14.7 Å². The van der Waals surface area contributed by atoms with Gasteiger partial charge in [-0.05, 0) is 48.6 Å². The van der Waals surface area contributed by atoms with E-state index in [1.807, 2.05) is 30.3 Å². The van der Waals surface area contributed by atoms with Crippen LogP contribution in [0.2, 0.25) is 0 Å². The third-order valence-electron chi connectivity index (χ3n) is 6.13.